The van der Waals surface area contributed by atoms with E-state index in [1.807, 2.05) is 13.0 Å². The summed E-state index contributed by atoms with van der Waals surface area (Å²) in [4.78, 5) is 15.3. The van der Waals surface area contributed by atoms with Gasteiger partial charge in [-0.05, 0) is 18.5 Å². The molecule has 2 rings (SSSR count). The summed E-state index contributed by atoms with van der Waals surface area (Å²) >= 11 is 0. The van der Waals surface area contributed by atoms with E-state index in [1.54, 1.807) is 0 Å². The molecule has 1 N–H and O–H groups in total. The third-order valence-corrected chi connectivity index (χ3v) is 3.76. The first-order chi connectivity index (χ1) is 9.19. The average Bonchev–Trinajstić information content (AvgIpc) is 2.85. The highest BCUT2D eigenvalue weighted by molar-refractivity contribution is 5.69. The molecule has 0 amide bonds. The third kappa shape index (κ3) is 4.04. The standard InChI is InChI=1S/C15H22N2O2/c1-2-17(12-15(18)19)14-8-9-16(11-14)10-13-6-4-3-5-7-13/h3-7,14H,2,8-12H2,1H3,(H,18,19)/t14-/m0/s1. The smallest absolute Gasteiger partial charge is 0.317 e. The van der Waals surface area contributed by atoms with Gasteiger partial charge in [-0.15, -0.1) is 0 Å². The zero-order valence-electron chi connectivity index (χ0n) is 11.5. The summed E-state index contributed by atoms with van der Waals surface area (Å²) in [6.45, 7) is 5.97. The van der Waals surface area contributed by atoms with Gasteiger partial charge in [0.1, 0.15) is 0 Å². The summed E-state index contributed by atoms with van der Waals surface area (Å²) in [5, 5.41) is 8.92. The van der Waals surface area contributed by atoms with Crippen LogP contribution in [-0.4, -0.2) is 53.1 Å². The minimum Gasteiger partial charge on any atom is -0.480 e. The van der Waals surface area contributed by atoms with Crippen molar-refractivity contribution in [1.29, 1.82) is 0 Å². The van der Waals surface area contributed by atoms with E-state index in [0.717, 1.165) is 32.6 Å². The van der Waals surface area contributed by atoms with Crippen molar-refractivity contribution < 1.29 is 9.90 Å². The van der Waals surface area contributed by atoms with Gasteiger partial charge in [-0.25, -0.2) is 0 Å². The fourth-order valence-electron chi connectivity index (χ4n) is 2.77. The Bertz CT molecular complexity index is 408. The van der Waals surface area contributed by atoms with Gasteiger partial charge in [0.2, 0.25) is 0 Å². The van der Waals surface area contributed by atoms with Crippen LogP contribution in [0.4, 0.5) is 0 Å². The topological polar surface area (TPSA) is 43.8 Å². The second kappa shape index (κ2) is 6.68. The van der Waals surface area contributed by atoms with E-state index >= 15 is 0 Å². The van der Waals surface area contributed by atoms with Crippen molar-refractivity contribution in [1.82, 2.24) is 9.80 Å². The largest absolute Gasteiger partial charge is 0.480 e. The van der Waals surface area contributed by atoms with Gasteiger partial charge in [0, 0.05) is 25.7 Å². The molecule has 0 radical (unpaired) electrons. The van der Waals surface area contributed by atoms with Crippen molar-refractivity contribution >= 4 is 5.97 Å². The third-order valence-electron chi connectivity index (χ3n) is 3.76. The van der Waals surface area contributed by atoms with Crippen molar-refractivity contribution in [2.75, 3.05) is 26.2 Å². The number of benzene rings is 1. The van der Waals surface area contributed by atoms with Crippen molar-refractivity contribution in [3.8, 4) is 0 Å². The number of carboxylic acid groups (broad SMARTS) is 1. The van der Waals surface area contributed by atoms with Gasteiger partial charge < -0.3 is 5.11 Å². The van der Waals surface area contributed by atoms with Crippen LogP contribution in [0.2, 0.25) is 0 Å². The number of carboxylic acids is 1. The Balaban J connectivity index is 1.87. The number of rotatable bonds is 6. The van der Waals surface area contributed by atoms with E-state index in [9.17, 15) is 4.79 Å². The van der Waals surface area contributed by atoms with Crippen LogP contribution < -0.4 is 0 Å². The zero-order chi connectivity index (χ0) is 13.7. The quantitative estimate of drug-likeness (QED) is 0.847. The van der Waals surface area contributed by atoms with Gasteiger partial charge >= 0.3 is 5.97 Å². The molecule has 4 nitrogen and oxygen atoms in total. The molecule has 1 aliphatic heterocycles. The Kier molecular flexibility index (Phi) is 4.93. The van der Waals surface area contributed by atoms with Gasteiger partial charge in [-0.3, -0.25) is 14.6 Å². The van der Waals surface area contributed by atoms with Crippen LogP contribution in [-0.2, 0) is 11.3 Å². The fraction of sp³-hybridized carbons (Fsp3) is 0.533. The molecule has 19 heavy (non-hydrogen) atoms. The molecular formula is C15H22N2O2. The average molecular weight is 262 g/mol. The first-order valence-corrected chi connectivity index (χ1v) is 6.91. The maximum absolute atomic E-state index is 10.8. The second-order valence-corrected chi connectivity index (χ2v) is 5.12. The van der Waals surface area contributed by atoms with E-state index < -0.39 is 5.97 Å². The fourth-order valence-corrected chi connectivity index (χ4v) is 2.77. The number of hydrogen-bond donors (Lipinski definition) is 1. The van der Waals surface area contributed by atoms with Crippen LogP contribution in [0.25, 0.3) is 0 Å². The van der Waals surface area contributed by atoms with Crippen molar-refractivity contribution in [3.05, 3.63) is 35.9 Å². The molecule has 104 valence electrons. The van der Waals surface area contributed by atoms with Gasteiger partial charge in [-0.1, -0.05) is 37.3 Å². The number of aliphatic carboxylic acids is 1. The molecule has 0 aromatic heterocycles. The number of likely N-dealkylation sites (N-methyl/N-ethyl adjacent to an activating group) is 1. The lowest BCUT2D eigenvalue weighted by molar-refractivity contribution is -0.138. The van der Waals surface area contributed by atoms with E-state index in [4.69, 9.17) is 5.11 Å². The van der Waals surface area contributed by atoms with Gasteiger partial charge in [-0.2, -0.15) is 0 Å². The SMILES string of the molecule is CCN(CC(=O)O)[C@H]1CCN(Cc2ccccc2)C1. The van der Waals surface area contributed by atoms with Crippen LogP contribution in [0.5, 0.6) is 0 Å². The molecule has 1 fully saturated rings. The molecule has 1 heterocycles. The number of nitrogens with zero attached hydrogens (tertiary/aromatic N) is 2. The molecule has 0 bridgehead atoms. The molecule has 1 aliphatic rings. The Hall–Kier alpha value is -1.39. The number of likely N-dealkylation sites (tertiary alicyclic amines) is 1. The van der Waals surface area contributed by atoms with E-state index in [1.165, 1.54) is 5.56 Å². The monoisotopic (exact) mass is 262 g/mol. The molecule has 1 saturated heterocycles. The second-order valence-electron chi connectivity index (χ2n) is 5.12. The molecule has 0 unspecified atom stereocenters. The minimum absolute atomic E-state index is 0.153. The molecule has 1 aromatic rings. The lowest BCUT2D eigenvalue weighted by Crippen LogP contribution is -2.40. The minimum atomic E-state index is -0.733. The van der Waals surface area contributed by atoms with Crippen molar-refractivity contribution in [2.24, 2.45) is 0 Å². The lowest BCUT2D eigenvalue weighted by Gasteiger charge is -2.26. The molecule has 0 aliphatic carbocycles. The molecule has 4 heteroatoms. The highest BCUT2D eigenvalue weighted by Gasteiger charge is 2.27. The Morgan fingerprint density at radius 2 is 2.16 bits per heavy atom. The molecular weight excluding hydrogens is 240 g/mol. The summed E-state index contributed by atoms with van der Waals surface area (Å²) in [5.41, 5.74) is 1.32. The first-order valence-electron chi connectivity index (χ1n) is 6.91. The van der Waals surface area contributed by atoms with E-state index in [2.05, 4.69) is 34.1 Å². The maximum atomic E-state index is 10.8. The van der Waals surface area contributed by atoms with Crippen molar-refractivity contribution in [3.63, 3.8) is 0 Å². The van der Waals surface area contributed by atoms with E-state index in [0.29, 0.717) is 6.04 Å². The molecule has 0 spiro atoms. The molecule has 1 aromatic carbocycles. The molecule has 0 saturated carbocycles. The van der Waals surface area contributed by atoms with Gasteiger partial charge in [0.25, 0.3) is 0 Å². The van der Waals surface area contributed by atoms with Crippen LogP contribution in [0.3, 0.4) is 0 Å². The number of hydrogen-bond acceptors (Lipinski definition) is 3. The predicted molar refractivity (Wildman–Crippen MR) is 75.0 cm³/mol. The maximum Gasteiger partial charge on any atom is 0.317 e. The summed E-state index contributed by atoms with van der Waals surface area (Å²) in [6.07, 6.45) is 1.06. The summed E-state index contributed by atoms with van der Waals surface area (Å²) in [6, 6.07) is 10.8. The Labute approximate surface area is 114 Å². The highest BCUT2D eigenvalue weighted by Crippen LogP contribution is 2.17. The summed E-state index contributed by atoms with van der Waals surface area (Å²) in [7, 11) is 0. The van der Waals surface area contributed by atoms with Gasteiger partial charge in [0.15, 0.2) is 0 Å². The van der Waals surface area contributed by atoms with Gasteiger partial charge in [0.05, 0.1) is 6.54 Å². The first kappa shape index (κ1) is 14.0. The lowest BCUT2D eigenvalue weighted by atomic mass is 10.2. The van der Waals surface area contributed by atoms with Crippen LogP contribution in [0, 0.1) is 0 Å². The summed E-state index contributed by atoms with van der Waals surface area (Å²) < 4.78 is 0. The highest BCUT2D eigenvalue weighted by atomic mass is 16.4. The predicted octanol–water partition coefficient (Wildman–Crippen LogP) is 1.67. The molecule has 1 atom stereocenters. The Morgan fingerprint density at radius 1 is 1.42 bits per heavy atom. The Morgan fingerprint density at radius 3 is 2.79 bits per heavy atom. The summed E-state index contributed by atoms with van der Waals surface area (Å²) in [5.74, 6) is -0.733. The van der Waals surface area contributed by atoms with E-state index in [-0.39, 0.29) is 6.54 Å². The van der Waals surface area contributed by atoms with Crippen LogP contribution in [0.15, 0.2) is 30.3 Å². The van der Waals surface area contributed by atoms with Crippen LogP contribution >= 0.6 is 0 Å². The normalized spacial score (nSPS) is 20.0. The van der Waals surface area contributed by atoms with Crippen LogP contribution in [0.1, 0.15) is 18.9 Å². The number of carbonyl (C=O) groups is 1. The zero-order valence-corrected chi connectivity index (χ0v) is 11.5. The van der Waals surface area contributed by atoms with Crippen molar-refractivity contribution in [2.45, 2.75) is 25.9 Å².